The van der Waals surface area contributed by atoms with E-state index >= 15 is 0 Å². The number of rotatable bonds is 24. The van der Waals surface area contributed by atoms with Crippen LogP contribution in [0.15, 0.2) is 60.7 Å². The van der Waals surface area contributed by atoms with Crippen LogP contribution in [0.5, 0.6) is 0 Å². The van der Waals surface area contributed by atoms with Crippen LogP contribution in [0.1, 0.15) is 109 Å². The zero-order valence-electron chi connectivity index (χ0n) is 29.2. The highest BCUT2D eigenvalue weighted by Gasteiger charge is 2.46. The van der Waals surface area contributed by atoms with Crippen molar-refractivity contribution < 1.29 is 42.5 Å². The minimum atomic E-state index is -2.65. The molecule has 0 fully saturated rings. The summed E-state index contributed by atoms with van der Waals surface area (Å²) >= 11 is 0. The maximum absolute atomic E-state index is 14.2. The molecule has 0 aliphatic carbocycles. The van der Waals surface area contributed by atoms with E-state index in [1.165, 1.54) is 19.3 Å². The SMILES string of the molecule is CCCCCCCC(F)(F)CCCCCCC=C[C@H](C(=O)N[C@@H](Cc1ccc(-c2ccccc2F)cc1)C(=O)OC)[C@@](O)(CCC)C(=O)O. The van der Waals surface area contributed by atoms with Crippen molar-refractivity contribution in [2.45, 2.75) is 128 Å². The molecule has 0 aliphatic rings. The predicted molar refractivity (Wildman–Crippen MR) is 186 cm³/mol. The van der Waals surface area contributed by atoms with E-state index in [1.807, 2.05) is 0 Å². The van der Waals surface area contributed by atoms with E-state index in [1.54, 1.807) is 55.5 Å². The Bertz CT molecular complexity index is 1330. The van der Waals surface area contributed by atoms with Gasteiger partial charge in [0.05, 0.1) is 13.0 Å². The lowest BCUT2D eigenvalue weighted by Gasteiger charge is -2.30. The number of nitrogens with one attached hydrogen (secondary N) is 1. The Balaban J connectivity index is 2.04. The molecule has 0 bridgehead atoms. The van der Waals surface area contributed by atoms with E-state index in [0.29, 0.717) is 55.2 Å². The summed E-state index contributed by atoms with van der Waals surface area (Å²) in [4.78, 5) is 38.6. The van der Waals surface area contributed by atoms with Gasteiger partial charge >= 0.3 is 11.9 Å². The van der Waals surface area contributed by atoms with Gasteiger partial charge in [-0.25, -0.2) is 22.8 Å². The number of hydrogen-bond donors (Lipinski definition) is 3. The molecule has 3 atom stereocenters. The number of ether oxygens (including phenoxy) is 1. The van der Waals surface area contributed by atoms with Crippen LogP contribution in [-0.2, 0) is 25.5 Å². The maximum atomic E-state index is 14.2. The van der Waals surface area contributed by atoms with Gasteiger partial charge in [-0.2, -0.15) is 0 Å². The highest BCUT2D eigenvalue weighted by molar-refractivity contribution is 5.92. The number of carboxylic acid groups (broad SMARTS) is 1. The normalized spacial score (nSPS) is 14.3. The molecule has 49 heavy (non-hydrogen) atoms. The minimum Gasteiger partial charge on any atom is -0.479 e. The first-order chi connectivity index (χ1) is 23.4. The lowest BCUT2D eigenvalue weighted by Crippen LogP contribution is -2.54. The molecule has 0 unspecified atom stereocenters. The Morgan fingerprint density at radius 2 is 1.47 bits per heavy atom. The molecular weight excluding hydrogens is 635 g/mol. The molecule has 0 radical (unpaired) electrons. The number of halogens is 3. The Kier molecular flexibility index (Phi) is 18.2. The standard InChI is InChI=1S/C39H54F3NO6/c1-4-6-7-11-16-26-38(41,42)27-17-12-9-8-10-13-19-32(39(48,25-5-2)37(46)47)35(44)43-34(36(45)49-3)28-29-21-23-30(24-22-29)31-18-14-15-20-33(31)40/h13-15,18-24,32,34,48H,4-12,16-17,25-28H2,1-3H3,(H,43,44)(H,46,47)/t32-,34+,39+/m1/s1. The molecule has 2 rings (SSSR count). The zero-order chi connectivity index (χ0) is 36.3. The summed E-state index contributed by atoms with van der Waals surface area (Å²) in [5.41, 5.74) is -0.757. The number of methoxy groups -OCH3 is 1. The summed E-state index contributed by atoms with van der Waals surface area (Å²) in [6.07, 6.45) is 10.1. The van der Waals surface area contributed by atoms with Crippen molar-refractivity contribution >= 4 is 17.8 Å². The summed E-state index contributed by atoms with van der Waals surface area (Å²) in [6.45, 7) is 3.77. The molecule has 0 saturated heterocycles. The van der Waals surface area contributed by atoms with Crippen LogP contribution in [0, 0.1) is 11.7 Å². The van der Waals surface area contributed by atoms with Crippen molar-refractivity contribution in [3.8, 4) is 11.1 Å². The number of allylic oxidation sites excluding steroid dienone is 1. The molecule has 0 aliphatic heterocycles. The second kappa shape index (κ2) is 21.4. The van der Waals surface area contributed by atoms with Crippen LogP contribution in [0.4, 0.5) is 13.2 Å². The van der Waals surface area contributed by atoms with Gasteiger partial charge in [0, 0.05) is 24.8 Å². The first kappa shape index (κ1) is 41.5. The van der Waals surface area contributed by atoms with Gasteiger partial charge < -0.3 is 20.3 Å². The molecule has 272 valence electrons. The number of carbonyl (C=O) groups excluding carboxylic acids is 2. The van der Waals surface area contributed by atoms with Gasteiger partial charge in [0.15, 0.2) is 5.60 Å². The van der Waals surface area contributed by atoms with Gasteiger partial charge in [-0.3, -0.25) is 4.79 Å². The number of aliphatic carboxylic acids is 1. The highest BCUT2D eigenvalue weighted by Crippen LogP contribution is 2.30. The molecule has 0 heterocycles. The number of aliphatic hydroxyl groups is 1. The van der Waals surface area contributed by atoms with Crippen LogP contribution in [-0.4, -0.2) is 52.7 Å². The molecule has 7 nitrogen and oxygen atoms in total. The monoisotopic (exact) mass is 689 g/mol. The summed E-state index contributed by atoms with van der Waals surface area (Å²) in [6, 6.07) is 11.9. The number of esters is 1. The van der Waals surface area contributed by atoms with Crippen LogP contribution in [0.3, 0.4) is 0 Å². The number of amides is 1. The minimum absolute atomic E-state index is 0.00355. The third-order valence-corrected chi connectivity index (χ3v) is 8.82. The van der Waals surface area contributed by atoms with Crippen molar-refractivity contribution in [3.63, 3.8) is 0 Å². The highest BCUT2D eigenvalue weighted by atomic mass is 19.3. The van der Waals surface area contributed by atoms with Crippen molar-refractivity contribution in [1.29, 1.82) is 0 Å². The van der Waals surface area contributed by atoms with Gasteiger partial charge in [0.25, 0.3) is 0 Å². The van der Waals surface area contributed by atoms with E-state index in [9.17, 15) is 37.8 Å². The molecule has 0 spiro atoms. The van der Waals surface area contributed by atoms with Crippen LogP contribution >= 0.6 is 0 Å². The average Bonchev–Trinajstić information content (AvgIpc) is 3.07. The third-order valence-electron chi connectivity index (χ3n) is 8.82. The van der Waals surface area contributed by atoms with Gasteiger partial charge in [0.2, 0.25) is 11.8 Å². The molecular formula is C39H54F3NO6. The van der Waals surface area contributed by atoms with Crippen molar-refractivity contribution in [2.75, 3.05) is 7.11 Å². The average molecular weight is 690 g/mol. The number of unbranched alkanes of at least 4 members (excludes halogenated alkanes) is 8. The van der Waals surface area contributed by atoms with E-state index in [-0.39, 0.29) is 37.9 Å². The fourth-order valence-corrected chi connectivity index (χ4v) is 5.93. The Labute approximate surface area is 289 Å². The number of carboxylic acids is 1. The van der Waals surface area contributed by atoms with Crippen molar-refractivity contribution in [2.24, 2.45) is 5.92 Å². The summed E-state index contributed by atoms with van der Waals surface area (Å²) in [5.74, 6) is -7.73. The third kappa shape index (κ3) is 14.0. The molecule has 10 heteroatoms. The van der Waals surface area contributed by atoms with Gasteiger partial charge in [-0.05, 0) is 49.3 Å². The largest absolute Gasteiger partial charge is 0.479 e. The molecule has 2 aromatic carbocycles. The quantitative estimate of drug-likeness (QED) is 0.0577. The Morgan fingerprint density at radius 1 is 0.857 bits per heavy atom. The topological polar surface area (TPSA) is 113 Å². The number of carbonyl (C=O) groups is 3. The molecule has 3 N–H and O–H groups in total. The lowest BCUT2D eigenvalue weighted by atomic mass is 9.82. The lowest BCUT2D eigenvalue weighted by molar-refractivity contribution is -0.167. The molecule has 0 aromatic heterocycles. The second-order valence-electron chi connectivity index (χ2n) is 12.8. The van der Waals surface area contributed by atoms with E-state index in [2.05, 4.69) is 12.2 Å². The van der Waals surface area contributed by atoms with Gasteiger partial charge in [-0.1, -0.05) is 113 Å². The van der Waals surface area contributed by atoms with Crippen LogP contribution < -0.4 is 5.32 Å². The van der Waals surface area contributed by atoms with Gasteiger partial charge in [0.1, 0.15) is 11.9 Å². The fraction of sp³-hybridized carbons (Fsp3) is 0.564. The van der Waals surface area contributed by atoms with Crippen molar-refractivity contribution in [1.82, 2.24) is 5.32 Å². The second-order valence-corrected chi connectivity index (χ2v) is 12.8. The first-order valence-corrected chi connectivity index (χ1v) is 17.6. The molecule has 2 aromatic rings. The van der Waals surface area contributed by atoms with E-state index < -0.39 is 41.3 Å². The Hall–Kier alpha value is -3.66. The summed E-state index contributed by atoms with van der Waals surface area (Å²) in [7, 11) is 1.17. The predicted octanol–water partition coefficient (Wildman–Crippen LogP) is 8.82. The first-order valence-electron chi connectivity index (χ1n) is 17.6. The number of alkyl halides is 2. The fourth-order valence-electron chi connectivity index (χ4n) is 5.93. The Morgan fingerprint density at radius 3 is 2.04 bits per heavy atom. The molecule has 1 amide bonds. The smallest absolute Gasteiger partial charge is 0.336 e. The zero-order valence-corrected chi connectivity index (χ0v) is 29.2. The number of benzene rings is 2. The van der Waals surface area contributed by atoms with E-state index in [4.69, 9.17) is 4.74 Å². The van der Waals surface area contributed by atoms with Gasteiger partial charge in [-0.15, -0.1) is 0 Å². The van der Waals surface area contributed by atoms with Crippen molar-refractivity contribution in [3.05, 3.63) is 72.1 Å². The number of hydrogen-bond acceptors (Lipinski definition) is 5. The maximum Gasteiger partial charge on any atom is 0.336 e. The van der Waals surface area contributed by atoms with E-state index in [0.717, 1.165) is 25.7 Å². The molecule has 0 saturated carbocycles. The van der Waals surface area contributed by atoms with Crippen LogP contribution in [0.25, 0.3) is 11.1 Å². The summed E-state index contributed by atoms with van der Waals surface area (Å²) in [5, 5.41) is 23.7. The van der Waals surface area contributed by atoms with Crippen LogP contribution in [0.2, 0.25) is 0 Å². The summed E-state index contributed by atoms with van der Waals surface area (Å²) < 4.78 is 47.5.